The maximum Gasteiger partial charge on any atom is 0.408 e. The van der Waals surface area contributed by atoms with Gasteiger partial charge in [-0.1, -0.05) is 54.6 Å². The number of hydrogen-bond donors (Lipinski definition) is 3. The molecule has 0 fully saturated rings. The van der Waals surface area contributed by atoms with Gasteiger partial charge in [-0.25, -0.2) is 9.18 Å². The fourth-order valence-electron chi connectivity index (χ4n) is 4.99. The molecule has 0 saturated carbocycles. The fraction of sp³-hybridized carbons (Fsp3) is 0.444. The van der Waals surface area contributed by atoms with Gasteiger partial charge in [0.05, 0.1) is 18.1 Å². The van der Waals surface area contributed by atoms with Crippen LogP contribution in [0.4, 0.5) is 9.18 Å². The van der Waals surface area contributed by atoms with E-state index >= 15 is 0 Å². The minimum atomic E-state index is -0.920. The van der Waals surface area contributed by atoms with E-state index in [9.17, 15) is 23.6 Å². The van der Waals surface area contributed by atoms with E-state index in [4.69, 9.17) is 9.47 Å². The molecule has 0 heterocycles. The van der Waals surface area contributed by atoms with Crippen LogP contribution in [0.2, 0.25) is 0 Å². The zero-order valence-electron chi connectivity index (χ0n) is 28.3. The Balaban J connectivity index is 1.73. The molecule has 10 nitrogen and oxygen atoms in total. The summed E-state index contributed by atoms with van der Waals surface area (Å²) in [4.78, 5) is 53.4. The number of ether oxygens (including phenoxy) is 2. The summed E-state index contributed by atoms with van der Waals surface area (Å²) in [5.74, 6) is -2.15. The number of benzene rings is 3. The number of alkyl carbamates (subject to hydrolysis) is 1. The molecule has 0 unspecified atom stereocenters. The van der Waals surface area contributed by atoms with Crippen molar-refractivity contribution in [1.29, 1.82) is 0 Å². The van der Waals surface area contributed by atoms with E-state index < -0.39 is 41.0 Å². The maximum atomic E-state index is 13.7. The minimum Gasteiger partial charge on any atom is -0.444 e. The lowest BCUT2D eigenvalue weighted by Gasteiger charge is -2.30. The second-order valence-corrected chi connectivity index (χ2v) is 13.3. The van der Waals surface area contributed by atoms with Crippen LogP contribution in [0.5, 0.6) is 0 Å². The van der Waals surface area contributed by atoms with Gasteiger partial charge in [-0.2, -0.15) is 0 Å². The van der Waals surface area contributed by atoms with Crippen molar-refractivity contribution in [2.24, 2.45) is 5.92 Å². The molecule has 254 valence electrons. The Bertz CT molecular complexity index is 1540. The Hall–Kier alpha value is -4.51. The molecule has 0 aliphatic rings. The van der Waals surface area contributed by atoms with Gasteiger partial charge in [-0.05, 0) is 75.1 Å². The molecule has 47 heavy (non-hydrogen) atoms. The second-order valence-electron chi connectivity index (χ2n) is 13.3. The highest BCUT2D eigenvalue weighted by Crippen LogP contribution is 2.19. The van der Waals surface area contributed by atoms with Crippen molar-refractivity contribution < 1.29 is 33.0 Å². The molecule has 3 rings (SSSR count). The van der Waals surface area contributed by atoms with Crippen molar-refractivity contribution in [2.45, 2.75) is 64.6 Å². The Morgan fingerprint density at radius 3 is 2.13 bits per heavy atom. The highest BCUT2D eigenvalue weighted by Gasteiger charge is 2.30. The van der Waals surface area contributed by atoms with E-state index in [1.165, 1.54) is 31.1 Å². The van der Waals surface area contributed by atoms with Crippen LogP contribution < -0.4 is 16.0 Å². The molecule has 0 bridgehead atoms. The van der Waals surface area contributed by atoms with Crippen LogP contribution >= 0.6 is 0 Å². The number of likely N-dealkylation sites (N-methyl/N-ethyl adjacent to an activating group) is 1. The third kappa shape index (κ3) is 12.0. The molecule has 0 aromatic heterocycles. The summed E-state index contributed by atoms with van der Waals surface area (Å²) in [5, 5.41) is 10.3. The molecule has 3 aromatic rings. The molecular formula is C36H47FN4O6. The largest absolute Gasteiger partial charge is 0.444 e. The summed E-state index contributed by atoms with van der Waals surface area (Å²) in [6.07, 6.45) is -0.102. The summed E-state index contributed by atoms with van der Waals surface area (Å²) < 4.78 is 24.4. The van der Waals surface area contributed by atoms with Crippen molar-refractivity contribution in [3.63, 3.8) is 0 Å². The third-order valence-corrected chi connectivity index (χ3v) is 7.47. The normalized spacial score (nSPS) is 12.9. The van der Waals surface area contributed by atoms with Crippen LogP contribution in [0.25, 0.3) is 10.8 Å². The Kier molecular flexibility index (Phi) is 12.9. The Morgan fingerprint density at radius 2 is 1.49 bits per heavy atom. The number of carbonyl (C=O) groups excluding carboxylic acids is 4. The summed E-state index contributed by atoms with van der Waals surface area (Å²) in [5.41, 5.74) is 0.0983. The van der Waals surface area contributed by atoms with Crippen molar-refractivity contribution in [3.05, 3.63) is 83.7 Å². The second kappa shape index (κ2) is 16.4. The monoisotopic (exact) mass is 650 g/mol. The van der Waals surface area contributed by atoms with Crippen molar-refractivity contribution in [1.82, 2.24) is 20.9 Å². The zero-order valence-corrected chi connectivity index (χ0v) is 28.3. The van der Waals surface area contributed by atoms with Crippen molar-refractivity contribution in [2.75, 3.05) is 33.9 Å². The van der Waals surface area contributed by atoms with E-state index in [1.807, 2.05) is 42.5 Å². The number of amides is 4. The highest BCUT2D eigenvalue weighted by molar-refractivity contribution is 5.89. The van der Waals surface area contributed by atoms with E-state index in [-0.39, 0.29) is 44.3 Å². The van der Waals surface area contributed by atoms with Crippen LogP contribution in [0.15, 0.2) is 66.7 Å². The van der Waals surface area contributed by atoms with E-state index in [0.717, 1.165) is 21.9 Å². The number of halogens is 1. The molecule has 0 spiro atoms. The van der Waals surface area contributed by atoms with Gasteiger partial charge < -0.3 is 30.3 Å². The van der Waals surface area contributed by atoms with Gasteiger partial charge in [-0.3, -0.25) is 14.4 Å². The highest BCUT2D eigenvalue weighted by atomic mass is 19.1. The predicted octanol–water partition coefficient (Wildman–Crippen LogP) is 4.39. The number of nitrogens with one attached hydrogen (secondary N) is 3. The molecule has 3 N–H and O–H groups in total. The SMILES string of the molecule is CNC(=O)[C@@H](CNC(=O)[C@@H](Cc1ccc2ccccc2c1)N(C)C(=O)COCC(C)(C)NC(=O)OC(C)(C)C)Cc1ccc(F)cc1. The van der Waals surface area contributed by atoms with Gasteiger partial charge in [0, 0.05) is 27.1 Å². The van der Waals surface area contributed by atoms with E-state index in [2.05, 4.69) is 16.0 Å². The number of carbonyl (C=O) groups is 4. The molecule has 4 amide bonds. The lowest BCUT2D eigenvalue weighted by molar-refractivity contribution is -0.143. The predicted molar refractivity (Wildman–Crippen MR) is 179 cm³/mol. The average molecular weight is 651 g/mol. The topological polar surface area (TPSA) is 126 Å². The lowest BCUT2D eigenvalue weighted by Crippen LogP contribution is -2.52. The molecule has 0 radical (unpaired) electrons. The lowest BCUT2D eigenvalue weighted by atomic mass is 9.97. The number of rotatable bonds is 14. The summed E-state index contributed by atoms with van der Waals surface area (Å²) >= 11 is 0. The summed E-state index contributed by atoms with van der Waals surface area (Å²) in [7, 11) is 3.05. The van der Waals surface area contributed by atoms with Gasteiger partial charge in [0.15, 0.2) is 0 Å². The Labute approximate surface area is 276 Å². The van der Waals surface area contributed by atoms with E-state index in [0.29, 0.717) is 0 Å². The average Bonchev–Trinajstić information content (AvgIpc) is 3.00. The Morgan fingerprint density at radius 1 is 0.851 bits per heavy atom. The van der Waals surface area contributed by atoms with Crippen molar-refractivity contribution >= 4 is 34.6 Å². The molecule has 3 aromatic carbocycles. The number of nitrogens with zero attached hydrogens (tertiary/aromatic N) is 1. The van der Waals surface area contributed by atoms with Crippen LogP contribution in [0.1, 0.15) is 45.7 Å². The molecule has 0 saturated heterocycles. The molecule has 0 aliphatic carbocycles. The van der Waals surface area contributed by atoms with Crippen LogP contribution in [-0.2, 0) is 36.7 Å². The van der Waals surface area contributed by atoms with Gasteiger partial charge >= 0.3 is 6.09 Å². The van der Waals surface area contributed by atoms with Gasteiger partial charge in [0.1, 0.15) is 24.1 Å². The number of fused-ring (bicyclic) bond motifs is 1. The standard InChI is InChI=1S/C36H47FN4O6/c1-35(2,3)47-34(45)40-36(4,5)23-46-22-31(42)41(7)30(20-25-12-15-26-10-8-9-11-27(26)19-25)33(44)39-21-28(32(43)38-6)18-24-13-16-29(37)17-14-24/h8-17,19,28,30H,18,20-23H2,1-7H3,(H,38,43)(H,39,44)(H,40,45)/t28-,30-/m1/s1. The summed E-state index contributed by atoms with van der Waals surface area (Å²) in [6, 6.07) is 18.7. The first-order chi connectivity index (χ1) is 22.1. The van der Waals surface area contributed by atoms with Gasteiger partial charge in [0.25, 0.3) is 0 Å². The third-order valence-electron chi connectivity index (χ3n) is 7.47. The van der Waals surface area contributed by atoms with Crippen LogP contribution in [0.3, 0.4) is 0 Å². The molecular weight excluding hydrogens is 603 g/mol. The van der Waals surface area contributed by atoms with Crippen LogP contribution in [-0.4, -0.2) is 79.8 Å². The zero-order chi connectivity index (χ0) is 34.8. The smallest absolute Gasteiger partial charge is 0.408 e. The van der Waals surface area contributed by atoms with Crippen LogP contribution in [0, 0.1) is 11.7 Å². The van der Waals surface area contributed by atoms with Crippen molar-refractivity contribution in [3.8, 4) is 0 Å². The first-order valence-corrected chi connectivity index (χ1v) is 15.6. The van der Waals surface area contributed by atoms with Gasteiger partial charge in [0.2, 0.25) is 17.7 Å². The first-order valence-electron chi connectivity index (χ1n) is 15.6. The molecule has 11 heteroatoms. The van der Waals surface area contributed by atoms with Gasteiger partial charge in [-0.15, -0.1) is 0 Å². The summed E-state index contributed by atoms with van der Waals surface area (Å²) in [6.45, 7) is 8.48. The molecule has 2 atom stereocenters. The maximum absolute atomic E-state index is 13.7. The number of hydrogen-bond acceptors (Lipinski definition) is 6. The van der Waals surface area contributed by atoms with E-state index in [1.54, 1.807) is 46.8 Å². The fourth-order valence-corrected chi connectivity index (χ4v) is 4.99. The minimum absolute atomic E-state index is 0.00710. The molecule has 0 aliphatic heterocycles. The quantitative estimate of drug-likeness (QED) is 0.238. The first kappa shape index (κ1) is 37.0.